The van der Waals surface area contributed by atoms with E-state index in [-0.39, 0.29) is 0 Å². The molecule has 0 spiro atoms. The van der Waals surface area contributed by atoms with Gasteiger partial charge in [-0.05, 0) is 55.6 Å². The first kappa shape index (κ1) is 14.9. The molecule has 0 aliphatic heterocycles. The fraction of sp³-hybridized carbons (Fsp3) is 0.333. The Balaban J connectivity index is 2.07. The van der Waals surface area contributed by atoms with E-state index in [4.69, 9.17) is 23.2 Å². The quantitative estimate of drug-likeness (QED) is 0.772. The van der Waals surface area contributed by atoms with Gasteiger partial charge in [-0.1, -0.05) is 53.0 Å². The van der Waals surface area contributed by atoms with Gasteiger partial charge in [0.15, 0.2) is 0 Å². The molecule has 0 saturated carbocycles. The third kappa shape index (κ3) is 2.83. The summed E-state index contributed by atoms with van der Waals surface area (Å²) >= 11 is 12.2. The van der Waals surface area contributed by atoms with E-state index in [0.29, 0.717) is 22.0 Å². The lowest BCUT2D eigenvalue weighted by Crippen LogP contribution is -2.24. The first-order valence-corrected chi connectivity index (χ1v) is 8.08. The first-order chi connectivity index (χ1) is 10.1. The normalized spacial score (nSPS) is 21.1. The Bertz CT molecular complexity index is 666. The van der Waals surface area contributed by atoms with Crippen LogP contribution in [0.5, 0.6) is 0 Å². The van der Waals surface area contributed by atoms with Gasteiger partial charge < -0.3 is 5.32 Å². The van der Waals surface area contributed by atoms with Crippen molar-refractivity contribution >= 4 is 23.2 Å². The summed E-state index contributed by atoms with van der Waals surface area (Å²) < 4.78 is 0. The molecule has 0 heterocycles. The molecule has 3 heteroatoms. The number of fused-ring (bicyclic) bond motifs is 1. The van der Waals surface area contributed by atoms with E-state index in [1.165, 1.54) is 22.3 Å². The van der Waals surface area contributed by atoms with Gasteiger partial charge in [0.2, 0.25) is 0 Å². The average molecular weight is 320 g/mol. The zero-order valence-electron chi connectivity index (χ0n) is 12.3. The molecular weight excluding hydrogens is 301 g/mol. The molecule has 2 aromatic rings. The highest BCUT2D eigenvalue weighted by Gasteiger charge is 2.27. The van der Waals surface area contributed by atoms with Crippen LogP contribution in [-0.2, 0) is 0 Å². The Kier molecular flexibility index (Phi) is 4.26. The number of benzene rings is 2. The minimum Gasteiger partial charge on any atom is -0.313 e. The van der Waals surface area contributed by atoms with E-state index in [1.807, 2.05) is 19.2 Å². The molecular formula is C18H19Cl2N. The lowest BCUT2D eigenvalue weighted by Gasteiger charge is -2.32. The molecule has 0 radical (unpaired) electrons. The summed E-state index contributed by atoms with van der Waals surface area (Å²) in [6.45, 7) is 2.15. The molecule has 1 N–H and O–H groups in total. The van der Waals surface area contributed by atoms with Crippen LogP contribution in [0.2, 0.25) is 10.0 Å². The molecule has 0 bridgehead atoms. The predicted molar refractivity (Wildman–Crippen MR) is 90.5 cm³/mol. The van der Waals surface area contributed by atoms with Crippen LogP contribution < -0.4 is 5.32 Å². The number of rotatable bonds is 2. The zero-order chi connectivity index (χ0) is 15.0. The van der Waals surface area contributed by atoms with Crippen molar-refractivity contribution in [3.05, 3.63) is 68.7 Å². The molecule has 3 rings (SSSR count). The van der Waals surface area contributed by atoms with Gasteiger partial charge in [0.1, 0.15) is 0 Å². The number of nitrogens with one attached hydrogen (secondary N) is 1. The van der Waals surface area contributed by atoms with Crippen LogP contribution in [-0.4, -0.2) is 7.05 Å². The first-order valence-electron chi connectivity index (χ1n) is 7.33. The Labute approximate surface area is 136 Å². The van der Waals surface area contributed by atoms with Crippen LogP contribution in [0.1, 0.15) is 47.1 Å². The Morgan fingerprint density at radius 3 is 2.48 bits per heavy atom. The highest BCUT2D eigenvalue weighted by atomic mass is 35.5. The van der Waals surface area contributed by atoms with Gasteiger partial charge in [0, 0.05) is 12.0 Å². The second-order valence-corrected chi connectivity index (χ2v) is 6.59. The maximum absolute atomic E-state index is 6.20. The maximum Gasteiger partial charge on any atom is 0.0595 e. The Morgan fingerprint density at radius 2 is 1.76 bits per heavy atom. The van der Waals surface area contributed by atoms with Crippen molar-refractivity contribution in [2.75, 3.05) is 7.05 Å². The molecule has 0 fully saturated rings. The van der Waals surface area contributed by atoms with E-state index in [1.54, 1.807) is 0 Å². The second-order valence-electron chi connectivity index (χ2n) is 5.78. The van der Waals surface area contributed by atoms with Crippen LogP contribution in [0, 0.1) is 6.92 Å². The summed E-state index contributed by atoms with van der Waals surface area (Å²) in [6.07, 6.45) is 2.26. The molecule has 0 amide bonds. The Hall–Kier alpha value is -1.02. The standard InChI is InChI=1S/C18H19Cl2N/c1-11-3-5-14-13(6-8-18(21-2)15(14)9-11)12-4-7-16(19)17(20)10-12/h3-5,7,9-10,13,18,21H,6,8H2,1-2H3/t13-,18?/m0/s1. The minimum atomic E-state index is 0.403. The molecule has 1 nitrogen and oxygen atoms in total. The van der Waals surface area contributed by atoms with Crippen LogP contribution >= 0.6 is 23.2 Å². The van der Waals surface area contributed by atoms with E-state index in [2.05, 4.69) is 36.5 Å². The highest BCUT2D eigenvalue weighted by molar-refractivity contribution is 6.42. The van der Waals surface area contributed by atoms with E-state index >= 15 is 0 Å². The molecule has 2 aromatic carbocycles. The molecule has 110 valence electrons. The topological polar surface area (TPSA) is 12.0 Å². The monoisotopic (exact) mass is 319 g/mol. The van der Waals surface area contributed by atoms with E-state index in [0.717, 1.165) is 12.8 Å². The molecule has 2 atom stereocenters. The van der Waals surface area contributed by atoms with E-state index < -0.39 is 0 Å². The third-order valence-corrected chi connectivity index (χ3v) is 5.17. The van der Waals surface area contributed by atoms with Crippen LogP contribution in [0.4, 0.5) is 0 Å². The van der Waals surface area contributed by atoms with Crippen molar-refractivity contribution in [3.8, 4) is 0 Å². The number of hydrogen-bond acceptors (Lipinski definition) is 1. The van der Waals surface area contributed by atoms with Gasteiger partial charge >= 0.3 is 0 Å². The number of aryl methyl sites for hydroxylation is 1. The summed E-state index contributed by atoms with van der Waals surface area (Å²) in [5, 5.41) is 4.69. The fourth-order valence-corrected chi connectivity index (χ4v) is 3.64. The van der Waals surface area contributed by atoms with Crippen LogP contribution in [0.25, 0.3) is 0 Å². The number of halogens is 2. The van der Waals surface area contributed by atoms with Crippen LogP contribution in [0.15, 0.2) is 36.4 Å². The largest absolute Gasteiger partial charge is 0.313 e. The summed E-state index contributed by atoms with van der Waals surface area (Å²) in [5.41, 5.74) is 5.39. The molecule has 1 aliphatic carbocycles. The van der Waals surface area contributed by atoms with Crippen molar-refractivity contribution in [2.45, 2.75) is 31.7 Å². The smallest absolute Gasteiger partial charge is 0.0595 e. The minimum absolute atomic E-state index is 0.403. The van der Waals surface area contributed by atoms with Crippen LogP contribution in [0.3, 0.4) is 0 Å². The fourth-order valence-electron chi connectivity index (χ4n) is 3.33. The summed E-state index contributed by atoms with van der Waals surface area (Å²) in [4.78, 5) is 0. The van der Waals surface area contributed by atoms with Crippen molar-refractivity contribution in [1.82, 2.24) is 5.32 Å². The summed E-state index contributed by atoms with van der Waals surface area (Å²) in [6, 6.07) is 13.2. The molecule has 1 unspecified atom stereocenters. The molecule has 0 aromatic heterocycles. The maximum atomic E-state index is 6.20. The SMILES string of the molecule is CNC1CC[C@@H](c2ccc(Cl)c(Cl)c2)c2ccc(C)cc21. The highest BCUT2D eigenvalue weighted by Crippen LogP contribution is 2.42. The summed E-state index contributed by atoms with van der Waals surface area (Å²) in [5.74, 6) is 0.403. The van der Waals surface area contributed by atoms with Gasteiger partial charge in [-0.25, -0.2) is 0 Å². The predicted octanol–water partition coefficient (Wildman–Crippen LogP) is 5.49. The number of hydrogen-bond donors (Lipinski definition) is 1. The van der Waals surface area contributed by atoms with Crippen molar-refractivity contribution < 1.29 is 0 Å². The second kappa shape index (κ2) is 6.00. The van der Waals surface area contributed by atoms with Crippen molar-refractivity contribution in [3.63, 3.8) is 0 Å². The van der Waals surface area contributed by atoms with Gasteiger partial charge in [0.05, 0.1) is 10.0 Å². The van der Waals surface area contributed by atoms with Crippen molar-refractivity contribution in [1.29, 1.82) is 0 Å². The third-order valence-electron chi connectivity index (χ3n) is 4.43. The van der Waals surface area contributed by atoms with Gasteiger partial charge in [-0.2, -0.15) is 0 Å². The lowest BCUT2D eigenvalue weighted by molar-refractivity contribution is 0.470. The summed E-state index contributed by atoms with van der Waals surface area (Å²) in [7, 11) is 2.04. The molecule has 21 heavy (non-hydrogen) atoms. The Morgan fingerprint density at radius 1 is 0.952 bits per heavy atom. The molecule has 1 aliphatic rings. The van der Waals surface area contributed by atoms with Gasteiger partial charge in [-0.3, -0.25) is 0 Å². The lowest BCUT2D eigenvalue weighted by atomic mass is 9.76. The molecule has 0 saturated heterocycles. The van der Waals surface area contributed by atoms with Gasteiger partial charge in [-0.15, -0.1) is 0 Å². The van der Waals surface area contributed by atoms with E-state index in [9.17, 15) is 0 Å². The zero-order valence-corrected chi connectivity index (χ0v) is 13.8. The van der Waals surface area contributed by atoms with Crippen molar-refractivity contribution in [2.24, 2.45) is 0 Å². The van der Waals surface area contributed by atoms with Gasteiger partial charge in [0.25, 0.3) is 0 Å². The average Bonchev–Trinajstić information content (AvgIpc) is 2.49.